The van der Waals surface area contributed by atoms with E-state index in [1.54, 1.807) is 0 Å². The van der Waals surface area contributed by atoms with Crippen molar-refractivity contribution in [2.24, 2.45) is 0 Å². The Hall–Kier alpha value is -0.870. The predicted molar refractivity (Wildman–Crippen MR) is 74.8 cm³/mol. The fourth-order valence-corrected chi connectivity index (χ4v) is 2.21. The second-order valence-corrected chi connectivity index (χ2v) is 4.75. The molecule has 0 bridgehead atoms. The van der Waals surface area contributed by atoms with Crippen LogP contribution in [0.5, 0.6) is 0 Å². The molecule has 1 aromatic rings. The molecular weight excluding hydrogens is 226 g/mol. The van der Waals surface area contributed by atoms with Crippen molar-refractivity contribution in [1.82, 2.24) is 15.1 Å². The molecule has 0 saturated carbocycles. The molecule has 0 atom stereocenters. The van der Waals surface area contributed by atoms with Gasteiger partial charge in [-0.2, -0.15) is 5.10 Å². The molecule has 1 rings (SSSR count). The number of hydrogen-bond donors (Lipinski definition) is 1. The van der Waals surface area contributed by atoms with Crippen LogP contribution >= 0.6 is 0 Å². The molecule has 1 N–H and O–H groups in total. The van der Waals surface area contributed by atoms with E-state index in [1.165, 1.54) is 17.0 Å². The molecule has 0 amide bonds. The highest BCUT2D eigenvalue weighted by molar-refractivity contribution is 5.26. The maximum absolute atomic E-state index is 5.61. The monoisotopic (exact) mass is 253 g/mol. The van der Waals surface area contributed by atoms with Gasteiger partial charge in [0, 0.05) is 17.8 Å². The van der Waals surface area contributed by atoms with Gasteiger partial charge in [-0.05, 0) is 33.7 Å². The number of rotatable bonds is 8. The molecule has 18 heavy (non-hydrogen) atoms. The van der Waals surface area contributed by atoms with Gasteiger partial charge in [-0.25, -0.2) is 0 Å². The molecule has 0 fully saturated rings. The lowest BCUT2D eigenvalue weighted by Crippen LogP contribution is -2.14. The summed E-state index contributed by atoms with van der Waals surface area (Å²) in [5, 5.41) is 7.95. The van der Waals surface area contributed by atoms with Crippen LogP contribution in [0.15, 0.2) is 0 Å². The van der Waals surface area contributed by atoms with Gasteiger partial charge in [0.1, 0.15) is 0 Å². The van der Waals surface area contributed by atoms with Crippen molar-refractivity contribution in [3.05, 3.63) is 17.0 Å². The van der Waals surface area contributed by atoms with Crippen molar-refractivity contribution in [2.45, 2.75) is 59.7 Å². The first-order valence-electron chi connectivity index (χ1n) is 6.97. The minimum Gasteiger partial charge on any atom is -0.377 e. The van der Waals surface area contributed by atoms with Crippen LogP contribution in [-0.2, 0) is 30.7 Å². The molecule has 4 nitrogen and oxygen atoms in total. The Morgan fingerprint density at radius 2 is 2.00 bits per heavy atom. The summed E-state index contributed by atoms with van der Waals surface area (Å²) in [6.45, 7) is 11.0. The summed E-state index contributed by atoms with van der Waals surface area (Å²) < 4.78 is 7.73. The van der Waals surface area contributed by atoms with Gasteiger partial charge in [0.05, 0.1) is 24.9 Å². The van der Waals surface area contributed by atoms with Gasteiger partial charge in [0.25, 0.3) is 0 Å². The largest absolute Gasteiger partial charge is 0.377 e. The first-order valence-corrected chi connectivity index (χ1v) is 6.97. The lowest BCUT2D eigenvalue weighted by atomic mass is 10.1. The van der Waals surface area contributed by atoms with Crippen LogP contribution in [0.1, 0.15) is 44.6 Å². The van der Waals surface area contributed by atoms with Crippen molar-refractivity contribution < 1.29 is 4.74 Å². The molecule has 0 saturated heterocycles. The molecule has 0 aliphatic carbocycles. The first kappa shape index (κ1) is 15.2. The average molecular weight is 253 g/mol. The standard InChI is InChI=1S/C14H27N3O/c1-6-13-12(10-15-5)14(7-2)17(16-13)8-9-18-11(3)4/h11,15H,6-10H2,1-5H3. The Kier molecular flexibility index (Phi) is 6.36. The van der Waals surface area contributed by atoms with Crippen molar-refractivity contribution >= 4 is 0 Å². The maximum Gasteiger partial charge on any atom is 0.0669 e. The van der Waals surface area contributed by atoms with Gasteiger partial charge in [0.15, 0.2) is 0 Å². The van der Waals surface area contributed by atoms with Gasteiger partial charge < -0.3 is 10.1 Å². The van der Waals surface area contributed by atoms with Crippen molar-refractivity contribution in [1.29, 1.82) is 0 Å². The van der Waals surface area contributed by atoms with Gasteiger partial charge in [-0.3, -0.25) is 4.68 Å². The zero-order chi connectivity index (χ0) is 13.5. The molecule has 0 radical (unpaired) electrons. The summed E-state index contributed by atoms with van der Waals surface area (Å²) in [4.78, 5) is 0. The van der Waals surface area contributed by atoms with E-state index in [0.29, 0.717) is 0 Å². The SMILES string of the molecule is CCc1nn(CCOC(C)C)c(CC)c1CNC. The average Bonchev–Trinajstić information content (AvgIpc) is 2.66. The lowest BCUT2D eigenvalue weighted by Gasteiger charge is -2.10. The second-order valence-electron chi connectivity index (χ2n) is 4.75. The third-order valence-corrected chi connectivity index (χ3v) is 3.03. The maximum atomic E-state index is 5.61. The number of ether oxygens (including phenoxy) is 1. The Balaban J connectivity index is 2.83. The van der Waals surface area contributed by atoms with Crippen LogP contribution in [0.25, 0.3) is 0 Å². The van der Waals surface area contributed by atoms with Crippen molar-refractivity contribution in [3.8, 4) is 0 Å². The number of aryl methyl sites for hydroxylation is 1. The van der Waals surface area contributed by atoms with Crippen LogP contribution in [0.2, 0.25) is 0 Å². The minimum atomic E-state index is 0.285. The smallest absolute Gasteiger partial charge is 0.0669 e. The molecule has 1 heterocycles. The minimum absolute atomic E-state index is 0.285. The number of nitrogens with one attached hydrogen (secondary N) is 1. The van der Waals surface area contributed by atoms with E-state index in [4.69, 9.17) is 9.84 Å². The van der Waals surface area contributed by atoms with Crippen LogP contribution in [-0.4, -0.2) is 29.5 Å². The van der Waals surface area contributed by atoms with Gasteiger partial charge in [0.2, 0.25) is 0 Å². The van der Waals surface area contributed by atoms with E-state index in [1.807, 2.05) is 7.05 Å². The van der Waals surface area contributed by atoms with Gasteiger partial charge in [-0.15, -0.1) is 0 Å². The van der Waals surface area contributed by atoms with E-state index in [0.717, 1.165) is 32.5 Å². The molecule has 0 aliphatic heterocycles. The van der Waals surface area contributed by atoms with E-state index >= 15 is 0 Å². The third kappa shape index (κ3) is 3.82. The summed E-state index contributed by atoms with van der Waals surface area (Å²) in [5.74, 6) is 0. The summed E-state index contributed by atoms with van der Waals surface area (Å²) in [6.07, 6.45) is 2.29. The number of aromatic nitrogens is 2. The molecule has 1 aromatic heterocycles. The van der Waals surface area contributed by atoms with Crippen molar-refractivity contribution in [3.63, 3.8) is 0 Å². The first-order chi connectivity index (χ1) is 8.63. The van der Waals surface area contributed by atoms with Gasteiger partial charge in [-0.1, -0.05) is 13.8 Å². The Bertz CT molecular complexity index is 358. The highest BCUT2D eigenvalue weighted by atomic mass is 16.5. The van der Waals surface area contributed by atoms with E-state index < -0.39 is 0 Å². The van der Waals surface area contributed by atoms with E-state index in [2.05, 4.69) is 37.7 Å². The van der Waals surface area contributed by atoms with E-state index in [9.17, 15) is 0 Å². The molecule has 0 unspecified atom stereocenters. The lowest BCUT2D eigenvalue weighted by molar-refractivity contribution is 0.0705. The molecule has 104 valence electrons. The zero-order valence-corrected chi connectivity index (χ0v) is 12.4. The number of hydrogen-bond acceptors (Lipinski definition) is 3. The fraction of sp³-hybridized carbons (Fsp3) is 0.786. The van der Waals surface area contributed by atoms with E-state index in [-0.39, 0.29) is 6.10 Å². The van der Waals surface area contributed by atoms with Crippen LogP contribution in [0.3, 0.4) is 0 Å². The Labute approximate surface area is 111 Å². The summed E-state index contributed by atoms with van der Waals surface area (Å²) in [6, 6.07) is 0. The zero-order valence-electron chi connectivity index (χ0n) is 12.4. The number of nitrogens with zero attached hydrogens (tertiary/aromatic N) is 2. The molecule has 0 aromatic carbocycles. The third-order valence-electron chi connectivity index (χ3n) is 3.03. The summed E-state index contributed by atoms with van der Waals surface area (Å²) >= 11 is 0. The van der Waals surface area contributed by atoms with Crippen LogP contribution in [0.4, 0.5) is 0 Å². The van der Waals surface area contributed by atoms with Crippen LogP contribution < -0.4 is 5.32 Å². The molecule has 0 aliphatic rings. The Morgan fingerprint density at radius 1 is 1.28 bits per heavy atom. The Morgan fingerprint density at radius 3 is 2.50 bits per heavy atom. The highest BCUT2D eigenvalue weighted by Gasteiger charge is 2.14. The highest BCUT2D eigenvalue weighted by Crippen LogP contribution is 2.16. The quantitative estimate of drug-likeness (QED) is 0.771. The summed E-state index contributed by atoms with van der Waals surface area (Å²) in [5.41, 5.74) is 3.92. The predicted octanol–water partition coefficient (Wildman–Crippen LogP) is 2.15. The fourth-order valence-electron chi connectivity index (χ4n) is 2.21. The topological polar surface area (TPSA) is 39.1 Å². The molecular formula is C14H27N3O. The van der Waals surface area contributed by atoms with Crippen LogP contribution in [0, 0.1) is 0 Å². The normalized spacial score (nSPS) is 11.4. The van der Waals surface area contributed by atoms with Crippen molar-refractivity contribution in [2.75, 3.05) is 13.7 Å². The second kappa shape index (κ2) is 7.54. The summed E-state index contributed by atoms with van der Waals surface area (Å²) in [7, 11) is 1.98. The van der Waals surface area contributed by atoms with Gasteiger partial charge >= 0.3 is 0 Å². The molecule has 0 spiro atoms. The molecule has 4 heteroatoms.